The third-order valence-corrected chi connectivity index (χ3v) is 4.34. The lowest BCUT2D eigenvalue weighted by Gasteiger charge is -2.39. The summed E-state index contributed by atoms with van der Waals surface area (Å²) in [5.74, 6) is 1.58. The number of carbonyl (C=O) groups is 1. The number of fused-ring (bicyclic) bond motifs is 1. The molecule has 1 aliphatic rings. The van der Waals surface area contributed by atoms with Gasteiger partial charge in [0.15, 0.2) is 0 Å². The van der Waals surface area contributed by atoms with Gasteiger partial charge in [0.05, 0.1) is 11.0 Å². The van der Waals surface area contributed by atoms with Crippen LogP contribution in [0.3, 0.4) is 0 Å². The second kappa shape index (κ2) is 5.46. The predicted octanol–water partition coefficient (Wildman–Crippen LogP) is 1.91. The molecule has 2 aromatic heterocycles. The normalized spacial score (nSPS) is 14.9. The third kappa shape index (κ3) is 2.56. The van der Waals surface area contributed by atoms with Crippen molar-refractivity contribution in [1.82, 2.24) is 24.4 Å². The van der Waals surface area contributed by atoms with Crippen LogP contribution in [0.15, 0.2) is 43.0 Å². The molecular weight excluding hydrogens is 290 g/mol. The van der Waals surface area contributed by atoms with Crippen LogP contribution in [0.4, 0.5) is 0 Å². The Bertz CT molecular complexity index is 866. The van der Waals surface area contributed by atoms with Gasteiger partial charge < -0.3 is 9.47 Å². The lowest BCUT2D eigenvalue weighted by Crippen LogP contribution is -2.51. The van der Waals surface area contributed by atoms with Gasteiger partial charge in [0, 0.05) is 55.9 Å². The van der Waals surface area contributed by atoms with Crippen molar-refractivity contribution in [2.24, 2.45) is 5.92 Å². The van der Waals surface area contributed by atoms with Crippen LogP contribution in [0.25, 0.3) is 11.0 Å². The largest absolute Gasteiger partial charge is 0.338 e. The third-order valence-electron chi connectivity index (χ3n) is 4.34. The van der Waals surface area contributed by atoms with E-state index in [0.717, 1.165) is 36.5 Å². The minimum atomic E-state index is 0.0659. The number of nitrogens with zero attached hydrogens (tertiary/aromatic N) is 5. The van der Waals surface area contributed by atoms with Gasteiger partial charge in [-0.3, -0.25) is 14.8 Å². The van der Waals surface area contributed by atoms with Crippen LogP contribution >= 0.6 is 0 Å². The van der Waals surface area contributed by atoms with E-state index in [0.29, 0.717) is 11.5 Å². The van der Waals surface area contributed by atoms with E-state index in [4.69, 9.17) is 0 Å². The number of carbonyl (C=O) groups excluding carboxylic acids is 1. The van der Waals surface area contributed by atoms with E-state index in [-0.39, 0.29) is 5.91 Å². The van der Waals surface area contributed by atoms with Crippen molar-refractivity contribution in [2.75, 3.05) is 13.1 Å². The quantitative estimate of drug-likeness (QED) is 0.741. The SMILES string of the molecule is Cc1nccn1CC1CN(C(=O)c2ccc3nccnc3c2)C1. The minimum absolute atomic E-state index is 0.0659. The van der Waals surface area contributed by atoms with E-state index < -0.39 is 0 Å². The maximum atomic E-state index is 12.5. The molecule has 6 nitrogen and oxygen atoms in total. The lowest BCUT2D eigenvalue weighted by molar-refractivity contribution is 0.0468. The Hall–Kier alpha value is -2.76. The molecule has 1 saturated heterocycles. The van der Waals surface area contributed by atoms with E-state index in [1.165, 1.54) is 0 Å². The highest BCUT2D eigenvalue weighted by atomic mass is 16.2. The Morgan fingerprint density at radius 3 is 2.65 bits per heavy atom. The molecule has 0 atom stereocenters. The van der Waals surface area contributed by atoms with Crippen molar-refractivity contribution in [2.45, 2.75) is 13.5 Å². The molecule has 1 aliphatic heterocycles. The Morgan fingerprint density at radius 1 is 1.13 bits per heavy atom. The number of hydrogen-bond acceptors (Lipinski definition) is 4. The summed E-state index contributed by atoms with van der Waals surface area (Å²) in [5.41, 5.74) is 2.24. The second-order valence-electron chi connectivity index (χ2n) is 5.96. The zero-order valence-electron chi connectivity index (χ0n) is 12.9. The summed E-state index contributed by atoms with van der Waals surface area (Å²) in [6, 6.07) is 5.49. The van der Waals surface area contributed by atoms with E-state index in [2.05, 4.69) is 19.5 Å². The summed E-state index contributed by atoms with van der Waals surface area (Å²) >= 11 is 0. The summed E-state index contributed by atoms with van der Waals surface area (Å²) < 4.78 is 2.14. The number of aromatic nitrogens is 4. The molecule has 1 fully saturated rings. The predicted molar refractivity (Wildman–Crippen MR) is 85.9 cm³/mol. The van der Waals surface area contributed by atoms with Crippen molar-refractivity contribution in [3.8, 4) is 0 Å². The summed E-state index contributed by atoms with van der Waals surface area (Å²) in [5, 5.41) is 0. The maximum Gasteiger partial charge on any atom is 0.253 e. The highest BCUT2D eigenvalue weighted by Gasteiger charge is 2.31. The molecule has 1 amide bonds. The monoisotopic (exact) mass is 307 g/mol. The molecule has 23 heavy (non-hydrogen) atoms. The van der Waals surface area contributed by atoms with Gasteiger partial charge >= 0.3 is 0 Å². The van der Waals surface area contributed by atoms with Gasteiger partial charge in [0.25, 0.3) is 5.91 Å². The lowest BCUT2D eigenvalue weighted by atomic mass is 9.98. The van der Waals surface area contributed by atoms with E-state index in [1.807, 2.05) is 42.4 Å². The Balaban J connectivity index is 1.43. The maximum absolute atomic E-state index is 12.5. The van der Waals surface area contributed by atoms with Crippen molar-refractivity contribution < 1.29 is 4.79 Å². The fourth-order valence-electron chi connectivity index (χ4n) is 3.00. The molecule has 0 unspecified atom stereocenters. The average molecular weight is 307 g/mol. The van der Waals surface area contributed by atoms with Gasteiger partial charge in [0.1, 0.15) is 5.82 Å². The van der Waals surface area contributed by atoms with Crippen molar-refractivity contribution in [1.29, 1.82) is 0 Å². The minimum Gasteiger partial charge on any atom is -0.338 e. The Kier molecular flexibility index (Phi) is 3.29. The molecule has 4 rings (SSSR count). The van der Waals surface area contributed by atoms with Crippen LogP contribution in [0.2, 0.25) is 0 Å². The standard InChI is InChI=1S/C17H17N5O/c1-12-18-6-7-21(12)9-13-10-22(11-13)17(23)14-2-3-15-16(8-14)20-5-4-19-15/h2-8,13H,9-11H2,1H3. The van der Waals surface area contributed by atoms with Gasteiger partial charge in [0.2, 0.25) is 0 Å². The highest BCUT2D eigenvalue weighted by molar-refractivity contribution is 5.97. The smallest absolute Gasteiger partial charge is 0.253 e. The number of benzene rings is 1. The summed E-state index contributed by atoms with van der Waals surface area (Å²) in [6.07, 6.45) is 7.10. The van der Waals surface area contributed by atoms with Gasteiger partial charge in [-0.25, -0.2) is 4.98 Å². The number of rotatable bonds is 3. The zero-order valence-corrected chi connectivity index (χ0v) is 12.9. The van der Waals surface area contributed by atoms with Crippen LogP contribution in [0, 0.1) is 12.8 Å². The zero-order chi connectivity index (χ0) is 15.8. The summed E-state index contributed by atoms with van der Waals surface area (Å²) in [6.45, 7) is 4.49. The number of likely N-dealkylation sites (tertiary alicyclic amines) is 1. The Morgan fingerprint density at radius 2 is 1.91 bits per heavy atom. The van der Waals surface area contributed by atoms with Gasteiger partial charge in [-0.2, -0.15) is 0 Å². The first-order valence-corrected chi connectivity index (χ1v) is 7.68. The van der Waals surface area contributed by atoms with E-state index in [1.54, 1.807) is 12.4 Å². The average Bonchev–Trinajstić information content (AvgIpc) is 2.94. The van der Waals surface area contributed by atoms with Crippen LogP contribution in [0.5, 0.6) is 0 Å². The fourth-order valence-corrected chi connectivity index (χ4v) is 3.00. The van der Waals surface area contributed by atoms with Crippen molar-refractivity contribution in [3.05, 3.63) is 54.4 Å². The van der Waals surface area contributed by atoms with E-state index in [9.17, 15) is 4.79 Å². The molecule has 1 aromatic carbocycles. The highest BCUT2D eigenvalue weighted by Crippen LogP contribution is 2.22. The number of hydrogen-bond donors (Lipinski definition) is 0. The van der Waals surface area contributed by atoms with Gasteiger partial charge in [-0.1, -0.05) is 0 Å². The van der Waals surface area contributed by atoms with Gasteiger partial charge in [-0.05, 0) is 25.1 Å². The van der Waals surface area contributed by atoms with Crippen molar-refractivity contribution >= 4 is 16.9 Å². The Labute approximate surface area is 133 Å². The van der Waals surface area contributed by atoms with Gasteiger partial charge in [-0.15, -0.1) is 0 Å². The van der Waals surface area contributed by atoms with Crippen LogP contribution in [-0.2, 0) is 6.54 Å². The molecule has 3 aromatic rings. The van der Waals surface area contributed by atoms with Crippen molar-refractivity contribution in [3.63, 3.8) is 0 Å². The topological polar surface area (TPSA) is 63.9 Å². The first-order valence-electron chi connectivity index (χ1n) is 7.68. The number of imidazole rings is 1. The molecule has 0 saturated carbocycles. The number of aryl methyl sites for hydroxylation is 1. The van der Waals surface area contributed by atoms with Crippen LogP contribution in [0.1, 0.15) is 16.2 Å². The molecule has 0 spiro atoms. The molecule has 0 N–H and O–H groups in total. The molecule has 3 heterocycles. The number of amides is 1. The second-order valence-corrected chi connectivity index (χ2v) is 5.96. The molecule has 0 radical (unpaired) electrons. The molecular formula is C17H17N5O. The first-order chi connectivity index (χ1) is 11.2. The van der Waals surface area contributed by atoms with E-state index >= 15 is 0 Å². The molecule has 0 bridgehead atoms. The summed E-state index contributed by atoms with van der Waals surface area (Å²) in [4.78, 5) is 27.1. The summed E-state index contributed by atoms with van der Waals surface area (Å²) in [7, 11) is 0. The first kappa shape index (κ1) is 13.9. The molecule has 6 heteroatoms. The molecule has 0 aliphatic carbocycles. The van der Waals surface area contributed by atoms with Crippen LogP contribution < -0.4 is 0 Å². The fraction of sp³-hybridized carbons (Fsp3) is 0.294. The molecule has 116 valence electrons. The van der Waals surface area contributed by atoms with Crippen LogP contribution in [-0.4, -0.2) is 43.4 Å².